The number of rotatable bonds is 4. The Kier molecular flexibility index (Phi) is 4.49. The molecule has 1 rings (SSSR count). The molecule has 0 spiro atoms. The Morgan fingerprint density at radius 2 is 2.06 bits per heavy atom. The average molecular weight is 247 g/mol. The molecule has 0 N–H and O–H groups in total. The van der Waals surface area contributed by atoms with Crippen LogP contribution in [-0.4, -0.2) is 44.2 Å². The van der Waals surface area contributed by atoms with E-state index in [4.69, 9.17) is 4.18 Å². The van der Waals surface area contributed by atoms with Gasteiger partial charge in [0, 0.05) is 13.1 Å². The van der Waals surface area contributed by atoms with Crippen molar-refractivity contribution in [1.29, 1.82) is 0 Å². The summed E-state index contributed by atoms with van der Waals surface area (Å²) in [5, 5.41) is 0. The minimum Gasteiger partial charge on any atom is -0.339 e. The van der Waals surface area contributed by atoms with Gasteiger partial charge in [-0.3, -0.25) is 8.98 Å². The highest BCUT2D eigenvalue weighted by molar-refractivity contribution is 7.86. The molecule has 6 heteroatoms. The Hall–Kier alpha value is -0.880. The van der Waals surface area contributed by atoms with E-state index in [0.717, 1.165) is 0 Å². The quantitative estimate of drug-likeness (QED) is 0.537. The van der Waals surface area contributed by atoms with Crippen molar-refractivity contribution in [2.75, 3.05) is 18.8 Å². The number of nitrogens with zero attached hydrogens (tertiary/aromatic N) is 1. The van der Waals surface area contributed by atoms with Crippen molar-refractivity contribution in [3.8, 4) is 0 Å². The first-order valence-electron chi connectivity index (χ1n) is 5.31. The van der Waals surface area contributed by atoms with E-state index in [1.54, 1.807) is 11.8 Å². The molecule has 0 saturated carbocycles. The topological polar surface area (TPSA) is 63.7 Å². The van der Waals surface area contributed by atoms with Crippen LogP contribution in [0.1, 0.15) is 19.8 Å². The fraction of sp³-hybridized carbons (Fsp3) is 0.700. The third-order valence-electron chi connectivity index (χ3n) is 2.56. The summed E-state index contributed by atoms with van der Waals surface area (Å²) in [6.45, 7) is 6.00. The van der Waals surface area contributed by atoms with Crippen molar-refractivity contribution < 1.29 is 17.4 Å². The van der Waals surface area contributed by atoms with Crippen LogP contribution in [0.4, 0.5) is 0 Å². The van der Waals surface area contributed by atoms with E-state index in [1.807, 2.05) is 0 Å². The Labute approximate surface area is 96.2 Å². The molecule has 0 aromatic rings. The maximum atomic E-state index is 11.3. The maximum absolute atomic E-state index is 11.3. The predicted molar refractivity (Wildman–Crippen MR) is 60.3 cm³/mol. The Bertz CT molecular complexity index is 355. The first-order valence-corrected chi connectivity index (χ1v) is 6.88. The second kappa shape index (κ2) is 5.45. The molecule has 0 atom stereocenters. The van der Waals surface area contributed by atoms with E-state index in [9.17, 15) is 13.2 Å². The zero-order chi connectivity index (χ0) is 12.2. The molecule has 1 saturated heterocycles. The monoisotopic (exact) mass is 247 g/mol. The van der Waals surface area contributed by atoms with Gasteiger partial charge in [0.1, 0.15) is 0 Å². The minimum atomic E-state index is -3.39. The lowest BCUT2D eigenvalue weighted by Gasteiger charge is -2.30. The van der Waals surface area contributed by atoms with Crippen molar-refractivity contribution in [3.63, 3.8) is 0 Å². The number of carbonyl (C=O) groups is 1. The molecule has 5 nitrogen and oxygen atoms in total. The van der Waals surface area contributed by atoms with E-state index in [-0.39, 0.29) is 17.8 Å². The van der Waals surface area contributed by atoms with Crippen LogP contribution in [0.15, 0.2) is 12.7 Å². The SMILES string of the molecule is C=CC(=O)N1CCC(OS(=O)(=O)CC)CC1. The number of amides is 1. The number of piperidine rings is 1. The molecule has 1 amide bonds. The number of likely N-dealkylation sites (tertiary alicyclic amines) is 1. The first kappa shape index (κ1) is 13.2. The summed E-state index contributed by atoms with van der Waals surface area (Å²) < 4.78 is 27.4. The van der Waals surface area contributed by atoms with Crippen LogP contribution in [0.25, 0.3) is 0 Å². The zero-order valence-corrected chi connectivity index (χ0v) is 10.2. The summed E-state index contributed by atoms with van der Waals surface area (Å²) in [6.07, 6.45) is 2.08. The standard InChI is InChI=1S/C10H17NO4S/c1-3-10(12)11-7-5-9(6-8-11)15-16(13,14)4-2/h3,9H,1,4-8H2,2H3. The van der Waals surface area contributed by atoms with Crippen LogP contribution in [0.5, 0.6) is 0 Å². The first-order chi connectivity index (χ1) is 7.48. The summed E-state index contributed by atoms with van der Waals surface area (Å²) in [4.78, 5) is 12.9. The summed E-state index contributed by atoms with van der Waals surface area (Å²) in [5.74, 6) is -0.129. The van der Waals surface area contributed by atoms with Gasteiger partial charge in [0.2, 0.25) is 5.91 Å². The van der Waals surface area contributed by atoms with Gasteiger partial charge >= 0.3 is 0 Å². The fourth-order valence-electron chi connectivity index (χ4n) is 1.58. The van der Waals surface area contributed by atoms with Crippen molar-refractivity contribution in [3.05, 3.63) is 12.7 Å². The lowest BCUT2D eigenvalue weighted by Crippen LogP contribution is -2.40. The Balaban J connectivity index is 2.44. The van der Waals surface area contributed by atoms with E-state index in [0.29, 0.717) is 25.9 Å². The lowest BCUT2D eigenvalue weighted by molar-refractivity contribution is -0.127. The molecule has 0 aliphatic carbocycles. The Morgan fingerprint density at radius 3 is 2.50 bits per heavy atom. The minimum absolute atomic E-state index is 0.0151. The van der Waals surface area contributed by atoms with Gasteiger partial charge in [0.15, 0.2) is 0 Å². The second-order valence-electron chi connectivity index (χ2n) is 3.67. The zero-order valence-electron chi connectivity index (χ0n) is 9.39. The van der Waals surface area contributed by atoms with Gasteiger partial charge in [-0.15, -0.1) is 0 Å². The molecule has 0 bridgehead atoms. The Morgan fingerprint density at radius 1 is 1.50 bits per heavy atom. The van der Waals surface area contributed by atoms with E-state index >= 15 is 0 Å². The summed E-state index contributed by atoms with van der Waals surface area (Å²) in [7, 11) is -3.39. The van der Waals surface area contributed by atoms with E-state index in [1.165, 1.54) is 6.08 Å². The van der Waals surface area contributed by atoms with Crippen molar-refractivity contribution in [2.45, 2.75) is 25.9 Å². The number of hydrogen-bond acceptors (Lipinski definition) is 4. The van der Waals surface area contributed by atoms with Crippen LogP contribution < -0.4 is 0 Å². The molecular formula is C10H17NO4S. The highest BCUT2D eigenvalue weighted by Gasteiger charge is 2.25. The molecule has 0 aromatic heterocycles. The van der Waals surface area contributed by atoms with Gasteiger partial charge in [-0.05, 0) is 25.8 Å². The predicted octanol–water partition coefficient (Wildman–Crippen LogP) is 0.530. The lowest BCUT2D eigenvalue weighted by atomic mass is 10.1. The number of carbonyl (C=O) groups excluding carboxylic acids is 1. The van der Waals surface area contributed by atoms with Crippen molar-refractivity contribution in [2.24, 2.45) is 0 Å². The van der Waals surface area contributed by atoms with Crippen molar-refractivity contribution >= 4 is 16.0 Å². The molecular weight excluding hydrogens is 230 g/mol. The second-order valence-corrected chi connectivity index (χ2v) is 5.56. The molecule has 16 heavy (non-hydrogen) atoms. The van der Waals surface area contributed by atoms with Gasteiger partial charge in [-0.1, -0.05) is 6.58 Å². The molecule has 0 radical (unpaired) electrons. The van der Waals surface area contributed by atoms with Crippen LogP contribution >= 0.6 is 0 Å². The van der Waals surface area contributed by atoms with E-state index in [2.05, 4.69) is 6.58 Å². The number of hydrogen-bond donors (Lipinski definition) is 0. The summed E-state index contributed by atoms with van der Waals surface area (Å²) in [5.41, 5.74) is 0. The maximum Gasteiger partial charge on any atom is 0.267 e. The van der Waals surface area contributed by atoms with E-state index < -0.39 is 10.1 Å². The smallest absolute Gasteiger partial charge is 0.267 e. The third kappa shape index (κ3) is 3.61. The average Bonchev–Trinajstić information content (AvgIpc) is 2.28. The highest BCUT2D eigenvalue weighted by Crippen LogP contribution is 2.16. The molecule has 1 heterocycles. The van der Waals surface area contributed by atoms with Gasteiger partial charge in [-0.2, -0.15) is 8.42 Å². The summed E-state index contributed by atoms with van der Waals surface area (Å²) in [6, 6.07) is 0. The summed E-state index contributed by atoms with van der Waals surface area (Å²) >= 11 is 0. The van der Waals surface area contributed by atoms with Gasteiger partial charge in [-0.25, -0.2) is 0 Å². The molecule has 0 aromatic carbocycles. The molecule has 0 unspecified atom stereocenters. The van der Waals surface area contributed by atoms with Crippen molar-refractivity contribution in [1.82, 2.24) is 4.90 Å². The van der Waals surface area contributed by atoms with Crippen LogP contribution in [0.2, 0.25) is 0 Å². The molecule has 1 aliphatic heterocycles. The van der Waals surface area contributed by atoms with Crippen LogP contribution in [0.3, 0.4) is 0 Å². The highest BCUT2D eigenvalue weighted by atomic mass is 32.2. The third-order valence-corrected chi connectivity index (χ3v) is 3.84. The van der Waals surface area contributed by atoms with Crippen LogP contribution in [-0.2, 0) is 19.1 Å². The normalized spacial score (nSPS) is 18.4. The molecule has 1 aliphatic rings. The van der Waals surface area contributed by atoms with Crippen LogP contribution in [0, 0.1) is 0 Å². The van der Waals surface area contributed by atoms with Gasteiger partial charge in [0.05, 0.1) is 11.9 Å². The molecule has 1 fully saturated rings. The molecule has 92 valence electrons. The van der Waals surface area contributed by atoms with Gasteiger partial charge in [0.25, 0.3) is 10.1 Å². The van der Waals surface area contributed by atoms with Gasteiger partial charge < -0.3 is 4.90 Å². The fourth-order valence-corrected chi connectivity index (χ4v) is 2.32. The largest absolute Gasteiger partial charge is 0.339 e.